The fraction of sp³-hybridized carbons (Fsp3) is 0.450. The van der Waals surface area contributed by atoms with E-state index in [1.165, 1.54) is 0 Å². The van der Waals surface area contributed by atoms with Crippen molar-refractivity contribution in [1.29, 1.82) is 0 Å². The van der Waals surface area contributed by atoms with Gasteiger partial charge < -0.3 is 10.2 Å². The molecule has 0 saturated carbocycles. The van der Waals surface area contributed by atoms with Gasteiger partial charge in [0.15, 0.2) is 11.4 Å². The van der Waals surface area contributed by atoms with Crippen molar-refractivity contribution in [2.75, 3.05) is 18.0 Å². The zero-order valence-electron chi connectivity index (χ0n) is 16.1. The summed E-state index contributed by atoms with van der Waals surface area (Å²) in [5.74, 6) is 0.863. The van der Waals surface area contributed by atoms with Crippen molar-refractivity contribution >= 4 is 17.8 Å². The number of nitrogens with zero attached hydrogens (tertiary/aromatic N) is 4. The first kappa shape index (κ1) is 18.3. The topological polar surface area (TPSA) is 100 Å². The zero-order valence-corrected chi connectivity index (χ0v) is 16.1. The molecule has 2 saturated heterocycles. The van der Waals surface area contributed by atoms with Gasteiger partial charge in [-0.25, -0.2) is 4.79 Å². The van der Waals surface area contributed by atoms with E-state index in [0.29, 0.717) is 5.92 Å². The van der Waals surface area contributed by atoms with Crippen LogP contribution in [0.5, 0.6) is 0 Å². The standard InChI is InChI=1S/C20H24N6O2/c1-13(2)16-5-6-17(25-24-16)26-10-7-14(8-11-26)20(15-4-3-9-21-12-15)18(27)22-19(28)23-20/h3-6,9,12-14H,7-8,10-11H2,1-2H3,(H2,22,23,27,28)/t20-/m1/s1. The highest BCUT2D eigenvalue weighted by Crippen LogP contribution is 2.39. The van der Waals surface area contributed by atoms with E-state index in [9.17, 15) is 9.59 Å². The van der Waals surface area contributed by atoms with Crippen LogP contribution in [0.2, 0.25) is 0 Å². The normalized spacial score (nSPS) is 23.0. The average molecular weight is 380 g/mol. The maximum absolute atomic E-state index is 12.8. The zero-order chi connectivity index (χ0) is 19.7. The van der Waals surface area contributed by atoms with Crippen LogP contribution in [0, 0.1) is 5.92 Å². The molecule has 0 bridgehead atoms. The van der Waals surface area contributed by atoms with Gasteiger partial charge in [0, 0.05) is 31.0 Å². The van der Waals surface area contributed by atoms with Crippen LogP contribution in [-0.4, -0.2) is 40.2 Å². The Bertz CT molecular complexity index is 862. The van der Waals surface area contributed by atoms with Crippen LogP contribution < -0.4 is 15.5 Å². The van der Waals surface area contributed by atoms with E-state index >= 15 is 0 Å². The molecule has 0 unspecified atom stereocenters. The third-order valence-electron chi connectivity index (χ3n) is 5.71. The van der Waals surface area contributed by atoms with E-state index in [2.05, 4.69) is 44.6 Å². The van der Waals surface area contributed by atoms with Gasteiger partial charge in [-0.05, 0) is 42.9 Å². The molecule has 2 aliphatic heterocycles. The largest absolute Gasteiger partial charge is 0.355 e. The van der Waals surface area contributed by atoms with Crippen molar-refractivity contribution in [3.05, 3.63) is 47.9 Å². The van der Waals surface area contributed by atoms with E-state index in [1.807, 2.05) is 18.2 Å². The quantitative estimate of drug-likeness (QED) is 0.787. The van der Waals surface area contributed by atoms with Gasteiger partial charge in [0.2, 0.25) is 0 Å². The molecule has 2 aliphatic rings. The minimum Gasteiger partial charge on any atom is -0.355 e. The van der Waals surface area contributed by atoms with Crippen molar-refractivity contribution in [2.24, 2.45) is 5.92 Å². The molecule has 2 N–H and O–H groups in total. The summed E-state index contributed by atoms with van der Waals surface area (Å²) in [4.78, 5) is 31.1. The molecule has 8 heteroatoms. The number of amides is 3. The van der Waals surface area contributed by atoms with Gasteiger partial charge in [0.05, 0.1) is 5.69 Å². The Kier molecular flexibility index (Phi) is 4.70. The van der Waals surface area contributed by atoms with Crippen LogP contribution in [0.3, 0.4) is 0 Å². The summed E-state index contributed by atoms with van der Waals surface area (Å²) in [7, 11) is 0. The second kappa shape index (κ2) is 7.18. The van der Waals surface area contributed by atoms with E-state index in [0.717, 1.165) is 43.0 Å². The Morgan fingerprint density at radius 1 is 1.14 bits per heavy atom. The average Bonchev–Trinajstić information content (AvgIpc) is 3.03. The Morgan fingerprint density at radius 3 is 2.46 bits per heavy atom. The molecular weight excluding hydrogens is 356 g/mol. The van der Waals surface area contributed by atoms with Crippen molar-refractivity contribution in [3.63, 3.8) is 0 Å². The maximum atomic E-state index is 12.8. The predicted octanol–water partition coefficient (Wildman–Crippen LogP) is 1.95. The first-order chi connectivity index (χ1) is 13.5. The minimum atomic E-state index is -1.06. The number of anilines is 1. The number of rotatable bonds is 4. The minimum absolute atomic E-state index is 0.0257. The molecule has 0 aliphatic carbocycles. The Morgan fingerprint density at radius 2 is 1.93 bits per heavy atom. The summed E-state index contributed by atoms with van der Waals surface area (Å²) in [6.45, 7) is 5.67. The predicted molar refractivity (Wildman–Crippen MR) is 104 cm³/mol. The van der Waals surface area contributed by atoms with Crippen molar-refractivity contribution in [1.82, 2.24) is 25.8 Å². The van der Waals surface area contributed by atoms with Gasteiger partial charge in [-0.3, -0.25) is 15.1 Å². The summed E-state index contributed by atoms with van der Waals surface area (Å²) < 4.78 is 0. The van der Waals surface area contributed by atoms with Crippen LogP contribution in [0.1, 0.15) is 43.9 Å². The smallest absolute Gasteiger partial charge is 0.322 e. The van der Waals surface area contributed by atoms with Gasteiger partial charge in [-0.15, -0.1) is 5.10 Å². The molecule has 2 fully saturated rings. The molecule has 4 heterocycles. The number of carbonyl (C=O) groups excluding carboxylic acids is 2. The fourth-order valence-corrected chi connectivity index (χ4v) is 4.14. The molecule has 8 nitrogen and oxygen atoms in total. The Labute approximate surface area is 163 Å². The molecule has 3 amide bonds. The van der Waals surface area contributed by atoms with Crippen molar-refractivity contribution < 1.29 is 9.59 Å². The first-order valence-electron chi connectivity index (χ1n) is 9.63. The van der Waals surface area contributed by atoms with Crippen LogP contribution in [0.15, 0.2) is 36.7 Å². The van der Waals surface area contributed by atoms with Gasteiger partial charge in [-0.2, -0.15) is 5.10 Å². The molecular formula is C20H24N6O2. The van der Waals surface area contributed by atoms with Crippen LogP contribution in [0.25, 0.3) is 0 Å². The third-order valence-corrected chi connectivity index (χ3v) is 5.71. The number of pyridine rings is 1. The summed E-state index contributed by atoms with van der Waals surface area (Å²) in [6, 6.07) is 7.20. The monoisotopic (exact) mass is 380 g/mol. The van der Waals surface area contributed by atoms with Crippen LogP contribution in [0.4, 0.5) is 10.6 Å². The van der Waals surface area contributed by atoms with Crippen molar-refractivity contribution in [3.8, 4) is 0 Å². The number of imide groups is 1. The number of hydrogen-bond donors (Lipinski definition) is 2. The van der Waals surface area contributed by atoms with Gasteiger partial charge in [0.1, 0.15) is 0 Å². The molecule has 146 valence electrons. The van der Waals surface area contributed by atoms with E-state index in [4.69, 9.17) is 0 Å². The summed E-state index contributed by atoms with van der Waals surface area (Å²) in [5, 5.41) is 14.0. The Hall–Kier alpha value is -3.03. The molecule has 0 radical (unpaired) electrons. The summed E-state index contributed by atoms with van der Waals surface area (Å²) in [6.07, 6.45) is 4.81. The molecule has 28 heavy (non-hydrogen) atoms. The van der Waals surface area contributed by atoms with E-state index in [-0.39, 0.29) is 11.8 Å². The summed E-state index contributed by atoms with van der Waals surface area (Å²) in [5.41, 5.74) is 0.627. The number of piperidine rings is 1. The van der Waals surface area contributed by atoms with Gasteiger partial charge in [0.25, 0.3) is 5.91 Å². The number of urea groups is 1. The third kappa shape index (κ3) is 3.08. The van der Waals surface area contributed by atoms with Crippen molar-refractivity contribution in [2.45, 2.75) is 38.1 Å². The second-order valence-corrected chi connectivity index (χ2v) is 7.69. The van der Waals surface area contributed by atoms with Gasteiger partial charge >= 0.3 is 6.03 Å². The van der Waals surface area contributed by atoms with E-state index < -0.39 is 11.6 Å². The lowest BCUT2D eigenvalue weighted by Crippen LogP contribution is -2.53. The summed E-state index contributed by atoms with van der Waals surface area (Å²) >= 11 is 0. The molecule has 2 aromatic rings. The second-order valence-electron chi connectivity index (χ2n) is 7.69. The molecule has 0 spiro atoms. The molecule has 0 aromatic carbocycles. The lowest BCUT2D eigenvalue weighted by atomic mass is 9.73. The highest BCUT2D eigenvalue weighted by molar-refractivity contribution is 6.07. The van der Waals surface area contributed by atoms with Crippen LogP contribution >= 0.6 is 0 Å². The number of aromatic nitrogens is 3. The Balaban J connectivity index is 1.54. The SMILES string of the molecule is CC(C)c1ccc(N2CCC([C@]3(c4cccnc4)NC(=O)NC3=O)CC2)nn1. The maximum Gasteiger partial charge on any atom is 0.322 e. The first-order valence-corrected chi connectivity index (χ1v) is 9.63. The molecule has 2 aromatic heterocycles. The van der Waals surface area contributed by atoms with Crippen LogP contribution in [-0.2, 0) is 10.3 Å². The fourth-order valence-electron chi connectivity index (χ4n) is 4.14. The lowest BCUT2D eigenvalue weighted by molar-refractivity contribution is -0.126. The number of nitrogens with one attached hydrogen (secondary N) is 2. The number of hydrogen-bond acceptors (Lipinski definition) is 6. The highest BCUT2D eigenvalue weighted by Gasteiger charge is 2.53. The molecule has 4 rings (SSSR count). The lowest BCUT2D eigenvalue weighted by Gasteiger charge is -2.41. The highest BCUT2D eigenvalue weighted by atomic mass is 16.2. The molecule has 1 atom stereocenters. The number of carbonyl (C=O) groups is 2. The van der Waals surface area contributed by atoms with Gasteiger partial charge in [-0.1, -0.05) is 19.9 Å². The van der Waals surface area contributed by atoms with E-state index in [1.54, 1.807) is 18.5 Å².